The fourth-order valence-electron chi connectivity index (χ4n) is 4.13. The molecule has 0 aliphatic carbocycles. The van der Waals surface area contributed by atoms with Crippen molar-refractivity contribution in [3.63, 3.8) is 0 Å². The third-order valence-electron chi connectivity index (χ3n) is 6.08. The molecule has 6 nitrogen and oxygen atoms in total. The maximum absolute atomic E-state index is 12.6. The molecule has 1 fully saturated rings. The first-order valence-corrected chi connectivity index (χ1v) is 11.4. The Morgan fingerprint density at radius 2 is 1.97 bits per heavy atom. The molecule has 1 saturated heterocycles. The van der Waals surface area contributed by atoms with Gasteiger partial charge < -0.3 is 9.64 Å². The topological polar surface area (TPSA) is 60.2 Å². The lowest BCUT2D eigenvalue weighted by molar-refractivity contribution is -0.139. The van der Waals surface area contributed by atoms with Gasteiger partial charge in [-0.05, 0) is 51.5 Å². The van der Waals surface area contributed by atoms with Gasteiger partial charge in [-0.1, -0.05) is 48.4 Å². The van der Waals surface area contributed by atoms with Gasteiger partial charge in [-0.15, -0.1) is 5.10 Å². The first-order chi connectivity index (χ1) is 15.0. The first-order valence-electron chi connectivity index (χ1n) is 11.4. The van der Waals surface area contributed by atoms with Gasteiger partial charge in [0.25, 0.3) is 0 Å². The number of aromatic nitrogens is 3. The Hall–Kier alpha value is -2.65. The van der Waals surface area contributed by atoms with Crippen molar-refractivity contribution in [3.8, 4) is 11.8 Å². The Morgan fingerprint density at radius 3 is 2.68 bits per heavy atom. The Labute approximate surface area is 186 Å². The van der Waals surface area contributed by atoms with Crippen molar-refractivity contribution >= 4 is 5.91 Å². The predicted octanol–water partition coefficient (Wildman–Crippen LogP) is 3.88. The largest absolute Gasteiger partial charge is 0.374 e. The summed E-state index contributed by atoms with van der Waals surface area (Å²) in [6, 6.07) is 10.3. The summed E-state index contributed by atoms with van der Waals surface area (Å²) in [6.45, 7) is 9.65. The maximum atomic E-state index is 12.6. The Morgan fingerprint density at radius 1 is 1.23 bits per heavy atom. The second-order valence-corrected chi connectivity index (χ2v) is 8.31. The predicted molar refractivity (Wildman–Crippen MR) is 121 cm³/mol. The number of rotatable bonds is 8. The zero-order valence-corrected chi connectivity index (χ0v) is 19.1. The molecule has 2 heterocycles. The van der Waals surface area contributed by atoms with Crippen molar-refractivity contribution in [2.75, 3.05) is 13.1 Å². The lowest BCUT2D eigenvalue weighted by atomic mass is 9.99. The van der Waals surface area contributed by atoms with Crippen molar-refractivity contribution in [3.05, 3.63) is 47.8 Å². The number of benzene rings is 1. The van der Waals surface area contributed by atoms with Crippen LogP contribution in [0.5, 0.6) is 0 Å². The van der Waals surface area contributed by atoms with Gasteiger partial charge in [-0.25, -0.2) is 4.68 Å². The van der Waals surface area contributed by atoms with Crippen LogP contribution in [0, 0.1) is 17.8 Å². The number of carbonyl (C=O) groups is 1. The van der Waals surface area contributed by atoms with Gasteiger partial charge in [0.15, 0.2) is 5.69 Å². The van der Waals surface area contributed by atoms with Crippen LogP contribution in [0.25, 0.3) is 0 Å². The SMILES string of the molecule is CCN(CC)C(=O)[C@H](C)[C@H]1CC[C@@H](C[C@@H](C)n2cc(C#CCc3ccccc3)nn2)O1. The molecule has 6 heteroatoms. The molecule has 2 aromatic rings. The molecular weight excluding hydrogens is 388 g/mol. The van der Waals surface area contributed by atoms with Gasteiger partial charge in [0.1, 0.15) is 0 Å². The van der Waals surface area contributed by atoms with Crippen LogP contribution in [0.3, 0.4) is 0 Å². The van der Waals surface area contributed by atoms with Gasteiger partial charge >= 0.3 is 0 Å². The number of hydrogen-bond acceptors (Lipinski definition) is 4. The molecule has 166 valence electrons. The Bertz CT molecular complexity index is 895. The van der Waals surface area contributed by atoms with E-state index in [1.54, 1.807) is 0 Å². The van der Waals surface area contributed by atoms with Gasteiger partial charge in [-0.2, -0.15) is 0 Å². The molecule has 0 bridgehead atoms. The molecule has 31 heavy (non-hydrogen) atoms. The second-order valence-electron chi connectivity index (χ2n) is 8.31. The van der Waals surface area contributed by atoms with Crippen LogP contribution >= 0.6 is 0 Å². The van der Waals surface area contributed by atoms with E-state index in [0.717, 1.165) is 32.4 Å². The van der Waals surface area contributed by atoms with E-state index in [2.05, 4.69) is 41.2 Å². The van der Waals surface area contributed by atoms with Gasteiger partial charge in [-0.3, -0.25) is 4.79 Å². The number of hydrogen-bond donors (Lipinski definition) is 0. The quantitative estimate of drug-likeness (QED) is 0.606. The molecule has 0 spiro atoms. The zero-order chi connectivity index (χ0) is 22.2. The zero-order valence-electron chi connectivity index (χ0n) is 19.1. The van der Waals surface area contributed by atoms with E-state index in [1.165, 1.54) is 5.56 Å². The average molecular weight is 423 g/mol. The molecule has 1 amide bonds. The minimum atomic E-state index is -0.0990. The fourth-order valence-corrected chi connectivity index (χ4v) is 4.13. The normalized spacial score (nSPS) is 20.0. The van der Waals surface area contributed by atoms with Crippen LogP contribution in [-0.4, -0.2) is 51.1 Å². The summed E-state index contributed by atoms with van der Waals surface area (Å²) in [5.41, 5.74) is 1.88. The minimum absolute atomic E-state index is 0.000427. The third-order valence-corrected chi connectivity index (χ3v) is 6.08. The fraction of sp³-hybridized carbons (Fsp3) is 0.560. The third kappa shape index (κ3) is 6.18. The minimum Gasteiger partial charge on any atom is -0.374 e. The molecule has 1 aliphatic rings. The second kappa shape index (κ2) is 11.1. The van der Waals surface area contributed by atoms with E-state index in [-0.39, 0.29) is 30.1 Å². The van der Waals surface area contributed by atoms with Crippen LogP contribution in [0.15, 0.2) is 36.5 Å². The molecule has 1 aromatic carbocycles. The van der Waals surface area contributed by atoms with Crippen LogP contribution in [0.4, 0.5) is 0 Å². The molecule has 0 unspecified atom stereocenters. The molecule has 1 aromatic heterocycles. The molecule has 0 saturated carbocycles. The van der Waals surface area contributed by atoms with Crippen LogP contribution in [0.2, 0.25) is 0 Å². The molecule has 1 aliphatic heterocycles. The van der Waals surface area contributed by atoms with Crippen molar-refractivity contribution in [2.45, 2.75) is 71.6 Å². The molecule has 3 rings (SSSR count). The van der Waals surface area contributed by atoms with Crippen LogP contribution < -0.4 is 0 Å². The lowest BCUT2D eigenvalue weighted by Crippen LogP contribution is -2.39. The smallest absolute Gasteiger partial charge is 0.228 e. The molecular formula is C25H34N4O2. The molecule has 0 N–H and O–H groups in total. The summed E-state index contributed by atoms with van der Waals surface area (Å²) in [5, 5.41) is 8.46. The van der Waals surface area contributed by atoms with Crippen molar-refractivity contribution < 1.29 is 9.53 Å². The first kappa shape index (κ1) is 23.0. The Balaban J connectivity index is 1.50. The number of ether oxygens (including phenoxy) is 1. The van der Waals surface area contributed by atoms with E-state index >= 15 is 0 Å². The van der Waals surface area contributed by atoms with Gasteiger partial charge in [0.2, 0.25) is 5.91 Å². The van der Waals surface area contributed by atoms with E-state index < -0.39 is 0 Å². The highest BCUT2D eigenvalue weighted by atomic mass is 16.5. The number of carbonyl (C=O) groups excluding carboxylic acids is 1. The molecule has 0 radical (unpaired) electrons. The highest BCUT2D eigenvalue weighted by Crippen LogP contribution is 2.31. The summed E-state index contributed by atoms with van der Waals surface area (Å²) in [6.07, 6.45) is 5.50. The number of amides is 1. The molecule has 4 atom stereocenters. The van der Waals surface area contributed by atoms with E-state index in [9.17, 15) is 4.79 Å². The highest BCUT2D eigenvalue weighted by molar-refractivity contribution is 5.79. The van der Waals surface area contributed by atoms with E-state index in [4.69, 9.17) is 4.74 Å². The highest BCUT2D eigenvalue weighted by Gasteiger charge is 2.35. The monoisotopic (exact) mass is 422 g/mol. The van der Waals surface area contributed by atoms with Crippen molar-refractivity contribution in [2.24, 2.45) is 5.92 Å². The van der Waals surface area contributed by atoms with E-state index in [0.29, 0.717) is 12.1 Å². The summed E-state index contributed by atoms with van der Waals surface area (Å²) < 4.78 is 8.13. The van der Waals surface area contributed by atoms with Gasteiger partial charge in [0, 0.05) is 19.5 Å². The summed E-state index contributed by atoms with van der Waals surface area (Å²) in [7, 11) is 0. The van der Waals surface area contributed by atoms with Gasteiger partial charge in [0.05, 0.1) is 30.4 Å². The van der Waals surface area contributed by atoms with Crippen molar-refractivity contribution in [1.82, 2.24) is 19.9 Å². The van der Waals surface area contributed by atoms with Crippen molar-refractivity contribution in [1.29, 1.82) is 0 Å². The number of nitrogens with zero attached hydrogens (tertiary/aromatic N) is 4. The maximum Gasteiger partial charge on any atom is 0.228 e. The standard InChI is InChI=1S/C25H34N4O2/c1-5-28(6-2)25(30)20(4)24-16-15-23(31-24)17-19(3)29-18-22(26-27-29)14-10-13-21-11-8-7-9-12-21/h7-9,11-12,18-20,23-24H,5-6,13,15-17H2,1-4H3/t19-,20-,23+,24-/m1/s1. The summed E-state index contributed by atoms with van der Waals surface area (Å²) in [5.74, 6) is 6.36. The van der Waals surface area contributed by atoms with E-state index in [1.807, 2.05) is 54.7 Å². The Kier molecular flexibility index (Phi) is 8.25. The summed E-state index contributed by atoms with van der Waals surface area (Å²) in [4.78, 5) is 14.5. The average Bonchev–Trinajstić information content (AvgIpc) is 3.45. The lowest BCUT2D eigenvalue weighted by Gasteiger charge is -2.26. The van der Waals surface area contributed by atoms with Crippen LogP contribution in [-0.2, 0) is 16.0 Å². The summed E-state index contributed by atoms with van der Waals surface area (Å²) >= 11 is 0. The van der Waals surface area contributed by atoms with Crippen LogP contribution in [0.1, 0.15) is 64.3 Å².